The van der Waals surface area contributed by atoms with E-state index in [1.165, 1.54) is 11.6 Å². The van der Waals surface area contributed by atoms with Crippen LogP contribution in [0.4, 0.5) is 11.6 Å². The lowest BCUT2D eigenvalue weighted by molar-refractivity contribution is 0.475. The van der Waals surface area contributed by atoms with Gasteiger partial charge in [0, 0.05) is 32.9 Å². The van der Waals surface area contributed by atoms with E-state index in [1.807, 2.05) is 9.47 Å². The van der Waals surface area contributed by atoms with Crippen molar-refractivity contribution in [3.05, 3.63) is 45.1 Å². The number of benzene rings is 1. The molecular formula is C15H15N5O3. The molecule has 1 aliphatic heterocycles. The number of rotatable bonds is 1. The SMILES string of the molecule is Cn1c(=O)c2c(nc3n2CCN3c2ccc(O)cc2)n(C)c1=O. The molecule has 118 valence electrons. The molecule has 8 nitrogen and oxygen atoms in total. The minimum absolute atomic E-state index is 0.192. The van der Waals surface area contributed by atoms with Gasteiger partial charge in [0.2, 0.25) is 5.95 Å². The first kappa shape index (κ1) is 13.6. The number of imidazole rings is 1. The Balaban J connectivity index is 1.99. The van der Waals surface area contributed by atoms with Gasteiger partial charge in [-0.2, -0.15) is 4.98 Å². The zero-order valence-electron chi connectivity index (χ0n) is 12.7. The maximum absolute atomic E-state index is 12.4. The summed E-state index contributed by atoms with van der Waals surface area (Å²) >= 11 is 0. The third-order valence-electron chi connectivity index (χ3n) is 4.28. The Bertz CT molecular complexity index is 1040. The predicted molar refractivity (Wildman–Crippen MR) is 85.3 cm³/mol. The monoisotopic (exact) mass is 313 g/mol. The molecule has 0 saturated heterocycles. The fourth-order valence-electron chi connectivity index (χ4n) is 3.03. The van der Waals surface area contributed by atoms with Crippen LogP contribution in [-0.4, -0.2) is 30.3 Å². The summed E-state index contributed by atoms with van der Waals surface area (Å²) in [4.78, 5) is 31.0. The number of phenols is 1. The molecule has 3 heterocycles. The Kier molecular flexibility index (Phi) is 2.65. The van der Waals surface area contributed by atoms with E-state index < -0.39 is 5.69 Å². The van der Waals surface area contributed by atoms with Crippen molar-refractivity contribution in [3.63, 3.8) is 0 Å². The number of phenolic OH excluding ortho intramolecular Hbond substituents is 1. The number of fused-ring (bicyclic) bond motifs is 3. The summed E-state index contributed by atoms with van der Waals surface area (Å²) in [5.74, 6) is 0.821. The van der Waals surface area contributed by atoms with Crippen LogP contribution in [0.25, 0.3) is 11.2 Å². The molecule has 0 unspecified atom stereocenters. The molecule has 23 heavy (non-hydrogen) atoms. The lowest BCUT2D eigenvalue weighted by Gasteiger charge is -2.15. The Morgan fingerprint density at radius 2 is 1.74 bits per heavy atom. The molecule has 0 aliphatic carbocycles. The molecule has 1 aliphatic rings. The minimum Gasteiger partial charge on any atom is -0.508 e. The molecule has 8 heteroatoms. The van der Waals surface area contributed by atoms with E-state index in [4.69, 9.17) is 0 Å². The summed E-state index contributed by atoms with van der Waals surface area (Å²) < 4.78 is 4.32. The fraction of sp³-hybridized carbons (Fsp3) is 0.267. The van der Waals surface area contributed by atoms with Gasteiger partial charge in [-0.15, -0.1) is 0 Å². The van der Waals surface area contributed by atoms with Gasteiger partial charge in [0.25, 0.3) is 5.56 Å². The van der Waals surface area contributed by atoms with Gasteiger partial charge in [-0.3, -0.25) is 13.9 Å². The Morgan fingerprint density at radius 1 is 1.04 bits per heavy atom. The fourth-order valence-corrected chi connectivity index (χ4v) is 3.03. The van der Waals surface area contributed by atoms with Crippen LogP contribution in [0.3, 0.4) is 0 Å². The summed E-state index contributed by atoms with van der Waals surface area (Å²) in [6.45, 7) is 1.29. The topological polar surface area (TPSA) is 85.3 Å². The van der Waals surface area contributed by atoms with Crippen molar-refractivity contribution in [2.24, 2.45) is 14.1 Å². The van der Waals surface area contributed by atoms with Crippen LogP contribution in [0.1, 0.15) is 0 Å². The van der Waals surface area contributed by atoms with Gasteiger partial charge in [-0.25, -0.2) is 4.79 Å². The highest BCUT2D eigenvalue weighted by Gasteiger charge is 2.28. The number of hydrogen-bond acceptors (Lipinski definition) is 5. The maximum atomic E-state index is 12.4. The van der Waals surface area contributed by atoms with Crippen LogP contribution >= 0.6 is 0 Å². The van der Waals surface area contributed by atoms with Crippen molar-refractivity contribution in [1.82, 2.24) is 18.7 Å². The van der Waals surface area contributed by atoms with Gasteiger partial charge in [-0.1, -0.05) is 0 Å². The highest BCUT2D eigenvalue weighted by atomic mass is 16.3. The maximum Gasteiger partial charge on any atom is 0.332 e. The molecule has 1 aromatic carbocycles. The van der Waals surface area contributed by atoms with Gasteiger partial charge < -0.3 is 14.6 Å². The Hall–Kier alpha value is -3.03. The Labute approximate surface area is 130 Å². The standard InChI is InChI=1S/C15H15N5O3/c1-17-12-11(13(22)18(2)15(17)23)20-8-7-19(14(20)16-12)9-3-5-10(21)6-4-9/h3-6,21H,7-8H2,1-2H3. The first-order chi connectivity index (χ1) is 11.0. The van der Waals surface area contributed by atoms with E-state index >= 15 is 0 Å². The van der Waals surface area contributed by atoms with Gasteiger partial charge >= 0.3 is 5.69 Å². The quantitative estimate of drug-likeness (QED) is 0.698. The lowest BCUT2D eigenvalue weighted by Crippen LogP contribution is -2.37. The van der Waals surface area contributed by atoms with Crippen molar-refractivity contribution in [3.8, 4) is 5.75 Å². The van der Waals surface area contributed by atoms with Crippen molar-refractivity contribution < 1.29 is 5.11 Å². The first-order valence-corrected chi connectivity index (χ1v) is 7.22. The van der Waals surface area contributed by atoms with Crippen LogP contribution in [0.5, 0.6) is 5.75 Å². The highest BCUT2D eigenvalue weighted by molar-refractivity contribution is 5.77. The Morgan fingerprint density at radius 3 is 2.43 bits per heavy atom. The number of aryl methyl sites for hydroxylation is 1. The third-order valence-corrected chi connectivity index (χ3v) is 4.28. The molecule has 4 rings (SSSR count). The van der Waals surface area contributed by atoms with Crippen LogP contribution in [0.2, 0.25) is 0 Å². The van der Waals surface area contributed by atoms with Gasteiger partial charge in [0.05, 0.1) is 0 Å². The molecule has 1 N–H and O–H groups in total. The number of aromatic hydroxyl groups is 1. The second-order valence-electron chi connectivity index (χ2n) is 5.61. The van der Waals surface area contributed by atoms with Gasteiger partial charge in [0.1, 0.15) is 5.75 Å². The molecule has 3 aromatic rings. The predicted octanol–water partition coefficient (Wildman–Crippen LogP) is 0.291. The summed E-state index contributed by atoms with van der Waals surface area (Å²) in [5, 5.41) is 9.42. The van der Waals surface area contributed by atoms with E-state index in [9.17, 15) is 14.7 Å². The summed E-state index contributed by atoms with van der Waals surface area (Å²) in [5.41, 5.74) is 0.964. The summed E-state index contributed by atoms with van der Waals surface area (Å²) in [6, 6.07) is 6.80. The largest absolute Gasteiger partial charge is 0.508 e. The van der Waals surface area contributed by atoms with E-state index in [0.717, 1.165) is 10.3 Å². The minimum atomic E-state index is -0.393. The molecule has 0 radical (unpaired) electrons. The first-order valence-electron chi connectivity index (χ1n) is 7.22. The molecule has 0 spiro atoms. The molecule has 0 atom stereocenters. The molecule has 0 fully saturated rings. The molecule has 0 amide bonds. The number of hydrogen-bond donors (Lipinski definition) is 1. The number of aromatic nitrogens is 4. The smallest absolute Gasteiger partial charge is 0.332 e. The van der Waals surface area contributed by atoms with Crippen LogP contribution < -0.4 is 16.1 Å². The van der Waals surface area contributed by atoms with Crippen molar-refractivity contribution in [1.29, 1.82) is 0 Å². The zero-order valence-corrected chi connectivity index (χ0v) is 12.7. The molecular weight excluding hydrogens is 298 g/mol. The summed E-state index contributed by atoms with van der Waals surface area (Å²) in [6.07, 6.45) is 0. The van der Waals surface area contributed by atoms with Crippen LogP contribution in [0, 0.1) is 0 Å². The number of anilines is 2. The average molecular weight is 313 g/mol. The number of nitrogens with zero attached hydrogens (tertiary/aromatic N) is 5. The third kappa shape index (κ3) is 1.74. The van der Waals surface area contributed by atoms with Gasteiger partial charge in [0.15, 0.2) is 11.2 Å². The van der Waals surface area contributed by atoms with E-state index in [0.29, 0.717) is 30.2 Å². The van der Waals surface area contributed by atoms with E-state index in [2.05, 4.69) is 4.98 Å². The molecule has 0 saturated carbocycles. The van der Waals surface area contributed by atoms with Crippen LogP contribution in [0.15, 0.2) is 33.9 Å². The molecule has 2 aromatic heterocycles. The average Bonchev–Trinajstić information content (AvgIpc) is 3.11. The van der Waals surface area contributed by atoms with Crippen molar-refractivity contribution in [2.45, 2.75) is 6.54 Å². The normalized spacial score (nSPS) is 13.7. The highest BCUT2D eigenvalue weighted by Crippen LogP contribution is 2.32. The zero-order chi connectivity index (χ0) is 16.3. The second-order valence-corrected chi connectivity index (χ2v) is 5.61. The van der Waals surface area contributed by atoms with Crippen molar-refractivity contribution >= 4 is 22.8 Å². The second kappa shape index (κ2) is 4.48. The van der Waals surface area contributed by atoms with E-state index in [-0.39, 0.29) is 11.3 Å². The lowest BCUT2D eigenvalue weighted by atomic mass is 10.3. The van der Waals surface area contributed by atoms with Crippen molar-refractivity contribution in [2.75, 3.05) is 11.4 Å². The summed E-state index contributed by atoms with van der Waals surface area (Å²) in [7, 11) is 3.08. The molecule has 0 bridgehead atoms. The van der Waals surface area contributed by atoms with Crippen LogP contribution in [-0.2, 0) is 20.6 Å². The van der Waals surface area contributed by atoms with Gasteiger partial charge in [-0.05, 0) is 24.3 Å². The van der Waals surface area contributed by atoms with E-state index in [1.54, 1.807) is 31.3 Å².